The van der Waals surface area contributed by atoms with Crippen molar-refractivity contribution >= 4 is 11.7 Å². The van der Waals surface area contributed by atoms with Gasteiger partial charge >= 0.3 is 0 Å². The molecule has 31 heavy (non-hydrogen) atoms. The van der Waals surface area contributed by atoms with E-state index in [1.165, 1.54) is 0 Å². The van der Waals surface area contributed by atoms with E-state index in [0.29, 0.717) is 22.4 Å². The maximum atomic E-state index is 12.7. The van der Waals surface area contributed by atoms with Crippen molar-refractivity contribution in [2.45, 2.75) is 13.3 Å². The fraction of sp³-hybridized carbons (Fsp3) is 0.0714. The number of Topliss-reactive ketones (excluding diaryl/α,β-unsaturated/α-hetero) is 1. The molecule has 3 aromatic rings. The Bertz CT molecular complexity index is 1110. The van der Waals surface area contributed by atoms with E-state index >= 15 is 0 Å². The van der Waals surface area contributed by atoms with E-state index in [4.69, 9.17) is 0 Å². The van der Waals surface area contributed by atoms with Gasteiger partial charge in [0.1, 0.15) is 0 Å². The normalized spacial score (nSPS) is 11.3. The zero-order valence-electron chi connectivity index (χ0n) is 17.5. The van der Waals surface area contributed by atoms with Gasteiger partial charge in [-0.15, -0.1) is 0 Å². The van der Waals surface area contributed by atoms with Gasteiger partial charge in [-0.25, -0.2) is 0 Å². The van der Waals surface area contributed by atoms with Crippen molar-refractivity contribution in [3.63, 3.8) is 0 Å². The van der Waals surface area contributed by atoms with E-state index in [-0.39, 0.29) is 11.7 Å². The molecule has 0 spiro atoms. The summed E-state index contributed by atoms with van der Waals surface area (Å²) in [5, 5.41) is 2.77. The molecule has 0 radical (unpaired) electrons. The Kier molecular flexibility index (Phi) is 7.50. The molecule has 3 heteroatoms. The van der Waals surface area contributed by atoms with Crippen LogP contribution in [0, 0.1) is 0 Å². The van der Waals surface area contributed by atoms with Gasteiger partial charge in [0.05, 0.1) is 0 Å². The Hall–Kier alpha value is -3.98. The highest BCUT2D eigenvalue weighted by Crippen LogP contribution is 2.19. The standard InChI is InChI=1S/C28H25NO2/c1-3-10-24(27(30)25-13-8-5-9-14-25)16-15-21(2)29-28(31)26-19-17-23(18-20-26)22-11-6-4-7-12-22/h4-20H,2-3H2,1H3,(H,29,31)/b16-15-,24-10+. The van der Waals surface area contributed by atoms with Gasteiger partial charge in [0, 0.05) is 22.4 Å². The van der Waals surface area contributed by atoms with E-state index in [2.05, 4.69) is 11.9 Å². The molecule has 0 aliphatic rings. The van der Waals surface area contributed by atoms with Crippen LogP contribution in [0.25, 0.3) is 11.1 Å². The Labute approximate surface area is 183 Å². The largest absolute Gasteiger partial charge is 0.323 e. The summed E-state index contributed by atoms with van der Waals surface area (Å²) in [7, 11) is 0. The van der Waals surface area contributed by atoms with Crippen molar-refractivity contribution in [1.82, 2.24) is 5.32 Å². The van der Waals surface area contributed by atoms with Gasteiger partial charge in [0.25, 0.3) is 5.91 Å². The molecule has 0 aromatic heterocycles. The number of hydrogen-bond acceptors (Lipinski definition) is 2. The smallest absolute Gasteiger partial charge is 0.255 e. The summed E-state index contributed by atoms with van der Waals surface area (Å²) in [6, 6.07) is 26.5. The third-order valence-electron chi connectivity index (χ3n) is 4.71. The average molecular weight is 408 g/mol. The molecular weight excluding hydrogens is 382 g/mol. The molecule has 1 N–H and O–H groups in total. The van der Waals surface area contributed by atoms with Crippen LogP contribution in [0.4, 0.5) is 0 Å². The van der Waals surface area contributed by atoms with Crippen LogP contribution in [0.3, 0.4) is 0 Å². The lowest BCUT2D eigenvalue weighted by atomic mass is 10.0. The number of allylic oxidation sites excluding steroid dienone is 4. The van der Waals surface area contributed by atoms with E-state index < -0.39 is 0 Å². The second-order valence-corrected chi connectivity index (χ2v) is 7.02. The maximum absolute atomic E-state index is 12.7. The number of hydrogen-bond donors (Lipinski definition) is 1. The molecule has 0 saturated carbocycles. The number of amides is 1. The number of ketones is 1. The van der Waals surface area contributed by atoms with Crippen LogP contribution < -0.4 is 5.32 Å². The van der Waals surface area contributed by atoms with Crippen molar-refractivity contribution < 1.29 is 9.59 Å². The first-order chi connectivity index (χ1) is 15.1. The molecule has 3 aromatic carbocycles. The quantitative estimate of drug-likeness (QED) is 0.268. The minimum atomic E-state index is -0.246. The molecule has 0 atom stereocenters. The minimum Gasteiger partial charge on any atom is -0.323 e. The zero-order chi connectivity index (χ0) is 22.1. The summed E-state index contributed by atoms with van der Waals surface area (Å²) in [5.74, 6) is -0.306. The predicted molar refractivity (Wildman–Crippen MR) is 127 cm³/mol. The van der Waals surface area contributed by atoms with Crippen molar-refractivity contribution in [3.05, 3.63) is 132 Å². The Morgan fingerprint density at radius 2 is 1.35 bits per heavy atom. The lowest BCUT2D eigenvalue weighted by Crippen LogP contribution is -2.21. The summed E-state index contributed by atoms with van der Waals surface area (Å²) in [6.07, 6.45) is 5.94. The topological polar surface area (TPSA) is 46.2 Å². The highest BCUT2D eigenvalue weighted by Gasteiger charge is 2.10. The number of carbonyl (C=O) groups is 2. The minimum absolute atomic E-state index is 0.0608. The van der Waals surface area contributed by atoms with E-state index in [0.717, 1.165) is 17.5 Å². The van der Waals surface area contributed by atoms with Crippen LogP contribution >= 0.6 is 0 Å². The first-order valence-electron chi connectivity index (χ1n) is 10.2. The number of nitrogens with one attached hydrogen (secondary N) is 1. The van der Waals surface area contributed by atoms with Crippen molar-refractivity contribution in [3.8, 4) is 11.1 Å². The first-order valence-corrected chi connectivity index (χ1v) is 10.2. The molecule has 1 amide bonds. The summed E-state index contributed by atoms with van der Waals surface area (Å²) >= 11 is 0. The molecule has 0 aliphatic carbocycles. The maximum Gasteiger partial charge on any atom is 0.255 e. The fourth-order valence-corrected chi connectivity index (χ4v) is 3.11. The van der Waals surface area contributed by atoms with Crippen molar-refractivity contribution in [2.75, 3.05) is 0 Å². The Balaban J connectivity index is 1.65. The lowest BCUT2D eigenvalue weighted by molar-refractivity contribution is 0.0966. The highest BCUT2D eigenvalue weighted by atomic mass is 16.1. The van der Waals surface area contributed by atoms with Crippen LogP contribution in [-0.2, 0) is 0 Å². The number of rotatable bonds is 8. The van der Waals surface area contributed by atoms with Crippen LogP contribution in [0.1, 0.15) is 34.1 Å². The van der Waals surface area contributed by atoms with Gasteiger partial charge < -0.3 is 5.32 Å². The van der Waals surface area contributed by atoms with E-state index in [9.17, 15) is 9.59 Å². The second kappa shape index (κ2) is 10.7. The van der Waals surface area contributed by atoms with Gasteiger partial charge in [0.2, 0.25) is 0 Å². The Morgan fingerprint density at radius 1 is 0.774 bits per heavy atom. The van der Waals surface area contributed by atoms with Crippen LogP contribution in [0.15, 0.2) is 121 Å². The molecule has 154 valence electrons. The van der Waals surface area contributed by atoms with E-state index in [1.807, 2.05) is 73.7 Å². The van der Waals surface area contributed by atoms with Crippen LogP contribution in [0.2, 0.25) is 0 Å². The fourth-order valence-electron chi connectivity index (χ4n) is 3.11. The molecule has 3 nitrogen and oxygen atoms in total. The van der Waals surface area contributed by atoms with Gasteiger partial charge in [-0.3, -0.25) is 9.59 Å². The molecule has 0 bridgehead atoms. The predicted octanol–water partition coefficient (Wildman–Crippen LogP) is 6.37. The highest BCUT2D eigenvalue weighted by molar-refractivity contribution is 6.10. The van der Waals surface area contributed by atoms with Gasteiger partial charge in [-0.05, 0) is 41.8 Å². The average Bonchev–Trinajstić information content (AvgIpc) is 2.82. The molecule has 0 heterocycles. The van der Waals surface area contributed by atoms with Crippen molar-refractivity contribution in [2.24, 2.45) is 0 Å². The van der Waals surface area contributed by atoms with Gasteiger partial charge in [-0.1, -0.05) is 92.4 Å². The molecular formula is C28H25NO2. The molecule has 0 fully saturated rings. The third-order valence-corrected chi connectivity index (χ3v) is 4.71. The van der Waals surface area contributed by atoms with Crippen LogP contribution in [-0.4, -0.2) is 11.7 Å². The Morgan fingerprint density at radius 3 is 1.97 bits per heavy atom. The molecule has 0 aliphatic heterocycles. The zero-order valence-corrected chi connectivity index (χ0v) is 17.5. The van der Waals surface area contributed by atoms with Crippen molar-refractivity contribution in [1.29, 1.82) is 0 Å². The van der Waals surface area contributed by atoms with Gasteiger partial charge in [-0.2, -0.15) is 0 Å². The summed E-state index contributed by atoms with van der Waals surface area (Å²) in [6.45, 7) is 5.87. The molecule has 3 rings (SSSR count). The summed E-state index contributed by atoms with van der Waals surface area (Å²) < 4.78 is 0. The van der Waals surface area contributed by atoms with Crippen LogP contribution in [0.5, 0.6) is 0 Å². The second-order valence-electron chi connectivity index (χ2n) is 7.02. The molecule has 0 unspecified atom stereocenters. The SMILES string of the molecule is C=C(/C=C\C(=C/CC)C(=O)c1ccccc1)NC(=O)c1ccc(-c2ccccc2)cc1. The molecule has 0 saturated heterocycles. The van der Waals surface area contributed by atoms with E-state index in [1.54, 1.807) is 36.4 Å². The number of benzene rings is 3. The first kappa shape index (κ1) is 21.7. The summed E-state index contributed by atoms with van der Waals surface area (Å²) in [4.78, 5) is 25.2. The summed E-state index contributed by atoms with van der Waals surface area (Å²) in [5.41, 5.74) is 4.29. The van der Waals surface area contributed by atoms with Gasteiger partial charge in [0.15, 0.2) is 5.78 Å². The monoisotopic (exact) mass is 407 g/mol. The number of carbonyl (C=O) groups excluding carboxylic acids is 2. The third kappa shape index (κ3) is 6.00. The lowest BCUT2D eigenvalue weighted by Gasteiger charge is -2.07.